The molecule has 0 unspecified atom stereocenters. The second kappa shape index (κ2) is 7.24. The second-order valence-corrected chi connectivity index (χ2v) is 4.56. The highest BCUT2D eigenvalue weighted by atomic mass is 35.5. The van der Waals surface area contributed by atoms with Gasteiger partial charge < -0.3 is 14.4 Å². The molecule has 0 saturated carbocycles. The van der Waals surface area contributed by atoms with Gasteiger partial charge in [-0.15, -0.1) is 0 Å². The quantitative estimate of drug-likeness (QED) is 0.805. The van der Waals surface area contributed by atoms with Gasteiger partial charge in [0, 0.05) is 19.2 Å². The van der Waals surface area contributed by atoms with Crippen LogP contribution in [0.3, 0.4) is 0 Å². The van der Waals surface area contributed by atoms with Gasteiger partial charge in [0.05, 0.1) is 18.7 Å². The van der Waals surface area contributed by atoms with E-state index in [1.54, 1.807) is 24.1 Å². The van der Waals surface area contributed by atoms with Gasteiger partial charge in [0.2, 0.25) is 0 Å². The average Bonchev–Trinajstić information content (AvgIpc) is 2.43. The molecule has 0 saturated heterocycles. The minimum atomic E-state index is -0.0928. The maximum absolute atomic E-state index is 12.1. The summed E-state index contributed by atoms with van der Waals surface area (Å²) in [6, 6.07) is 3.27. The van der Waals surface area contributed by atoms with Gasteiger partial charge in [-0.3, -0.25) is 4.79 Å². The van der Waals surface area contributed by atoms with E-state index in [4.69, 9.17) is 21.1 Å². The van der Waals surface area contributed by atoms with Crippen LogP contribution in [0, 0.1) is 0 Å². The third kappa shape index (κ3) is 3.77. The molecule has 0 heterocycles. The van der Waals surface area contributed by atoms with Gasteiger partial charge in [-0.25, -0.2) is 0 Å². The summed E-state index contributed by atoms with van der Waals surface area (Å²) in [5, 5.41) is 0.389. The standard InChI is InChI=1S/C14H20ClNO3/c1-5-7-19-13-11(15)8-10(9-12(13)18-4)14(17)16(3)6-2/h8-9H,5-7H2,1-4H3. The van der Waals surface area contributed by atoms with Crippen LogP contribution in [0.25, 0.3) is 0 Å². The Labute approximate surface area is 119 Å². The lowest BCUT2D eigenvalue weighted by Crippen LogP contribution is -2.26. The molecule has 5 heteroatoms. The van der Waals surface area contributed by atoms with Crippen molar-refractivity contribution in [3.8, 4) is 11.5 Å². The first-order chi connectivity index (χ1) is 9.04. The van der Waals surface area contributed by atoms with E-state index in [1.807, 2.05) is 13.8 Å². The molecule has 4 nitrogen and oxygen atoms in total. The normalized spacial score (nSPS) is 10.2. The molecule has 0 fully saturated rings. The molecule has 0 aliphatic carbocycles. The summed E-state index contributed by atoms with van der Waals surface area (Å²) in [5.74, 6) is 0.875. The number of nitrogens with zero attached hydrogens (tertiary/aromatic N) is 1. The highest BCUT2D eigenvalue weighted by Crippen LogP contribution is 2.36. The van der Waals surface area contributed by atoms with Gasteiger partial charge in [0.1, 0.15) is 0 Å². The van der Waals surface area contributed by atoms with Gasteiger partial charge in [-0.1, -0.05) is 18.5 Å². The number of methoxy groups -OCH3 is 1. The van der Waals surface area contributed by atoms with E-state index in [9.17, 15) is 4.79 Å². The third-order valence-corrected chi connectivity index (χ3v) is 3.03. The predicted octanol–water partition coefficient (Wildman–Crippen LogP) is 3.23. The Hall–Kier alpha value is -1.42. The number of hydrogen-bond donors (Lipinski definition) is 0. The molecule has 19 heavy (non-hydrogen) atoms. The van der Waals surface area contributed by atoms with Crippen molar-refractivity contribution in [2.45, 2.75) is 20.3 Å². The molecule has 106 valence electrons. The summed E-state index contributed by atoms with van der Waals surface area (Å²) in [6.45, 7) is 5.11. The van der Waals surface area contributed by atoms with Crippen molar-refractivity contribution in [1.29, 1.82) is 0 Å². The van der Waals surface area contributed by atoms with Crippen LogP contribution in [0.2, 0.25) is 5.02 Å². The molecule has 1 aromatic rings. The molecular formula is C14H20ClNO3. The van der Waals surface area contributed by atoms with E-state index in [0.29, 0.717) is 35.2 Å². The summed E-state index contributed by atoms with van der Waals surface area (Å²) in [6.07, 6.45) is 0.874. The topological polar surface area (TPSA) is 38.8 Å². The Morgan fingerprint density at radius 3 is 2.58 bits per heavy atom. The van der Waals surface area contributed by atoms with Crippen molar-refractivity contribution >= 4 is 17.5 Å². The first-order valence-electron chi connectivity index (χ1n) is 6.30. The monoisotopic (exact) mass is 285 g/mol. The van der Waals surface area contributed by atoms with E-state index in [2.05, 4.69) is 0 Å². The van der Waals surface area contributed by atoms with E-state index in [1.165, 1.54) is 7.11 Å². The van der Waals surface area contributed by atoms with E-state index in [0.717, 1.165) is 6.42 Å². The lowest BCUT2D eigenvalue weighted by Gasteiger charge is -2.17. The van der Waals surface area contributed by atoms with Gasteiger partial charge >= 0.3 is 0 Å². The van der Waals surface area contributed by atoms with Crippen LogP contribution in [0.4, 0.5) is 0 Å². The van der Waals surface area contributed by atoms with Crippen LogP contribution in [-0.4, -0.2) is 38.1 Å². The lowest BCUT2D eigenvalue weighted by molar-refractivity contribution is 0.0802. The summed E-state index contributed by atoms with van der Waals surface area (Å²) >= 11 is 6.17. The van der Waals surface area contributed by atoms with Crippen LogP contribution in [0.15, 0.2) is 12.1 Å². The fourth-order valence-corrected chi connectivity index (χ4v) is 1.82. The van der Waals surface area contributed by atoms with Crippen LogP contribution in [0.5, 0.6) is 11.5 Å². The van der Waals surface area contributed by atoms with Gasteiger partial charge in [0.15, 0.2) is 11.5 Å². The zero-order valence-electron chi connectivity index (χ0n) is 11.8. The van der Waals surface area contributed by atoms with E-state index >= 15 is 0 Å². The molecule has 1 amide bonds. The highest BCUT2D eigenvalue weighted by molar-refractivity contribution is 6.32. The molecule has 0 aliphatic heterocycles. The predicted molar refractivity (Wildman–Crippen MR) is 76.4 cm³/mol. The van der Waals surface area contributed by atoms with Gasteiger partial charge in [-0.05, 0) is 25.5 Å². The number of hydrogen-bond acceptors (Lipinski definition) is 3. The zero-order valence-corrected chi connectivity index (χ0v) is 12.6. The third-order valence-electron chi connectivity index (χ3n) is 2.75. The molecule has 0 aromatic heterocycles. The molecule has 0 spiro atoms. The fourth-order valence-electron chi connectivity index (χ4n) is 1.55. The highest BCUT2D eigenvalue weighted by Gasteiger charge is 2.17. The minimum absolute atomic E-state index is 0.0928. The molecule has 0 radical (unpaired) electrons. The van der Waals surface area contributed by atoms with Crippen LogP contribution in [-0.2, 0) is 0 Å². The van der Waals surface area contributed by atoms with Crippen molar-refractivity contribution in [2.75, 3.05) is 27.3 Å². The fraction of sp³-hybridized carbons (Fsp3) is 0.500. The van der Waals surface area contributed by atoms with Crippen molar-refractivity contribution in [3.63, 3.8) is 0 Å². The van der Waals surface area contributed by atoms with Crippen molar-refractivity contribution in [2.24, 2.45) is 0 Å². The lowest BCUT2D eigenvalue weighted by atomic mass is 10.1. The molecule has 1 rings (SSSR count). The molecule has 1 aromatic carbocycles. The Bertz CT molecular complexity index is 449. The maximum Gasteiger partial charge on any atom is 0.253 e. The Morgan fingerprint density at radius 2 is 2.05 bits per heavy atom. The number of benzene rings is 1. The first-order valence-corrected chi connectivity index (χ1v) is 6.68. The number of carbonyl (C=O) groups is 1. The Balaban J connectivity index is 3.11. The Morgan fingerprint density at radius 1 is 1.37 bits per heavy atom. The number of carbonyl (C=O) groups excluding carboxylic acids is 1. The Kier molecular flexibility index (Phi) is 5.96. The van der Waals surface area contributed by atoms with Crippen LogP contribution < -0.4 is 9.47 Å². The minimum Gasteiger partial charge on any atom is -0.493 e. The molecular weight excluding hydrogens is 266 g/mol. The van der Waals surface area contributed by atoms with Crippen LogP contribution in [0.1, 0.15) is 30.6 Å². The SMILES string of the molecule is CCCOc1c(Cl)cc(C(=O)N(C)CC)cc1OC. The summed E-state index contributed by atoms with van der Waals surface area (Å²) < 4.78 is 10.8. The molecule has 0 bridgehead atoms. The number of rotatable bonds is 6. The van der Waals surface area contributed by atoms with Crippen molar-refractivity contribution in [3.05, 3.63) is 22.7 Å². The van der Waals surface area contributed by atoms with Crippen molar-refractivity contribution in [1.82, 2.24) is 4.90 Å². The number of ether oxygens (including phenoxy) is 2. The van der Waals surface area contributed by atoms with E-state index in [-0.39, 0.29) is 5.91 Å². The summed E-state index contributed by atoms with van der Waals surface area (Å²) in [4.78, 5) is 13.7. The largest absolute Gasteiger partial charge is 0.493 e. The van der Waals surface area contributed by atoms with Gasteiger partial charge in [-0.2, -0.15) is 0 Å². The van der Waals surface area contributed by atoms with Crippen molar-refractivity contribution < 1.29 is 14.3 Å². The molecule has 0 atom stereocenters. The molecule has 0 aliphatic rings. The van der Waals surface area contributed by atoms with Crippen LogP contribution >= 0.6 is 11.6 Å². The zero-order chi connectivity index (χ0) is 14.4. The second-order valence-electron chi connectivity index (χ2n) is 4.16. The van der Waals surface area contributed by atoms with E-state index < -0.39 is 0 Å². The smallest absolute Gasteiger partial charge is 0.253 e. The molecule has 0 N–H and O–H groups in total. The van der Waals surface area contributed by atoms with Gasteiger partial charge in [0.25, 0.3) is 5.91 Å². The summed E-state index contributed by atoms with van der Waals surface area (Å²) in [5.41, 5.74) is 0.495. The summed E-state index contributed by atoms with van der Waals surface area (Å²) in [7, 11) is 3.27. The number of halogens is 1. The average molecular weight is 286 g/mol. The maximum atomic E-state index is 12.1. The number of amides is 1. The first kappa shape index (κ1) is 15.6.